The molecule has 3 rings (SSSR count). The van der Waals surface area contributed by atoms with Crippen LogP contribution >= 0.6 is 11.5 Å². The van der Waals surface area contributed by atoms with Crippen molar-refractivity contribution in [3.63, 3.8) is 0 Å². The number of urea groups is 1. The minimum Gasteiger partial charge on any atom is -0.383 e. The van der Waals surface area contributed by atoms with Gasteiger partial charge in [-0.25, -0.2) is 4.79 Å². The monoisotopic (exact) mass is 318 g/mol. The second-order valence-electron chi connectivity index (χ2n) is 5.19. The minimum atomic E-state index is -0.109. The summed E-state index contributed by atoms with van der Waals surface area (Å²) in [5.74, 6) is 0. The Kier molecular flexibility index (Phi) is 4.65. The fourth-order valence-corrected chi connectivity index (χ4v) is 3.28. The zero-order valence-corrected chi connectivity index (χ0v) is 13.2. The Balaban J connectivity index is 1.74. The molecule has 0 unspecified atom stereocenters. The Morgan fingerprint density at radius 3 is 3.05 bits per heavy atom. The molecule has 1 aromatic heterocycles. The van der Waals surface area contributed by atoms with Gasteiger partial charge in [0.15, 0.2) is 0 Å². The lowest BCUT2D eigenvalue weighted by Gasteiger charge is -2.24. The Morgan fingerprint density at radius 1 is 1.45 bits per heavy atom. The number of ether oxygens (including phenoxy) is 1. The molecule has 6 nitrogen and oxygen atoms in total. The zero-order valence-electron chi connectivity index (χ0n) is 12.4. The second kappa shape index (κ2) is 6.85. The molecule has 1 aliphatic rings. The third kappa shape index (κ3) is 3.10. The molecule has 2 heterocycles. The number of nitrogens with one attached hydrogen (secondary N) is 1. The molecule has 0 radical (unpaired) electrons. The molecule has 2 aromatic rings. The Labute approximate surface area is 133 Å². The first-order valence-electron chi connectivity index (χ1n) is 7.24. The highest BCUT2D eigenvalue weighted by atomic mass is 32.1. The standard InChI is InChI=1S/C15H18N4O2S/c1-21-10-12-8-5-9-19(12)15(20)16-14-13(17-18-22-14)11-6-3-2-4-7-11/h2-4,6-7,12H,5,8-10H2,1H3,(H,16,20)/t12-/m0/s1. The summed E-state index contributed by atoms with van der Waals surface area (Å²) in [6, 6.07) is 9.77. The number of carbonyl (C=O) groups is 1. The number of rotatable bonds is 4. The van der Waals surface area contributed by atoms with Crippen LogP contribution in [0.4, 0.5) is 9.80 Å². The Hall–Kier alpha value is -1.99. The van der Waals surface area contributed by atoms with Gasteiger partial charge in [-0.1, -0.05) is 34.8 Å². The number of benzene rings is 1. The largest absolute Gasteiger partial charge is 0.383 e. The predicted molar refractivity (Wildman–Crippen MR) is 86.0 cm³/mol. The summed E-state index contributed by atoms with van der Waals surface area (Å²) in [6.07, 6.45) is 1.99. The SMILES string of the molecule is COC[C@@H]1CCCN1C(=O)Nc1snnc1-c1ccccc1. The van der Waals surface area contributed by atoms with E-state index in [0.29, 0.717) is 17.3 Å². The van der Waals surface area contributed by atoms with E-state index in [9.17, 15) is 4.79 Å². The summed E-state index contributed by atoms with van der Waals surface area (Å²) in [5.41, 5.74) is 1.66. The second-order valence-corrected chi connectivity index (χ2v) is 5.95. The summed E-state index contributed by atoms with van der Waals surface area (Å²) >= 11 is 1.20. The highest BCUT2D eigenvalue weighted by Crippen LogP contribution is 2.29. The van der Waals surface area contributed by atoms with Gasteiger partial charge < -0.3 is 9.64 Å². The molecule has 2 amide bonds. The van der Waals surface area contributed by atoms with Crippen molar-refractivity contribution >= 4 is 22.6 Å². The van der Waals surface area contributed by atoms with Crippen molar-refractivity contribution in [2.45, 2.75) is 18.9 Å². The van der Waals surface area contributed by atoms with Crippen LogP contribution in [0.3, 0.4) is 0 Å². The van der Waals surface area contributed by atoms with Crippen molar-refractivity contribution in [1.29, 1.82) is 0 Å². The highest BCUT2D eigenvalue weighted by Gasteiger charge is 2.29. The first-order chi connectivity index (χ1) is 10.8. The van der Waals surface area contributed by atoms with Gasteiger partial charge >= 0.3 is 6.03 Å². The van der Waals surface area contributed by atoms with Gasteiger partial charge in [-0.05, 0) is 12.8 Å². The lowest BCUT2D eigenvalue weighted by molar-refractivity contribution is 0.128. The molecule has 1 saturated heterocycles. The number of likely N-dealkylation sites (tertiary alicyclic amines) is 1. The van der Waals surface area contributed by atoms with Crippen LogP contribution in [0.25, 0.3) is 11.3 Å². The third-order valence-electron chi connectivity index (χ3n) is 3.75. The Bertz CT molecular complexity index is 631. The highest BCUT2D eigenvalue weighted by molar-refractivity contribution is 7.10. The molecule has 1 atom stereocenters. The summed E-state index contributed by atoms with van der Waals surface area (Å²) in [6.45, 7) is 1.33. The molecule has 0 bridgehead atoms. The van der Waals surface area contributed by atoms with Crippen molar-refractivity contribution in [2.75, 3.05) is 25.6 Å². The van der Waals surface area contributed by atoms with Gasteiger partial charge in [0.25, 0.3) is 0 Å². The molecule has 116 valence electrons. The number of hydrogen-bond acceptors (Lipinski definition) is 5. The minimum absolute atomic E-state index is 0.109. The quantitative estimate of drug-likeness (QED) is 0.941. The average Bonchev–Trinajstić information content (AvgIpc) is 3.18. The first kappa shape index (κ1) is 14.9. The molecule has 0 spiro atoms. The van der Waals surface area contributed by atoms with E-state index >= 15 is 0 Å². The molecule has 1 aliphatic heterocycles. The van der Waals surface area contributed by atoms with Crippen LogP contribution in [-0.4, -0.2) is 46.8 Å². The van der Waals surface area contributed by atoms with E-state index in [2.05, 4.69) is 14.9 Å². The molecule has 7 heteroatoms. The van der Waals surface area contributed by atoms with Crippen molar-refractivity contribution < 1.29 is 9.53 Å². The summed E-state index contributed by atoms with van der Waals surface area (Å²) in [4.78, 5) is 14.3. The van der Waals surface area contributed by atoms with Crippen molar-refractivity contribution in [3.05, 3.63) is 30.3 Å². The predicted octanol–water partition coefficient (Wildman–Crippen LogP) is 2.85. The third-order valence-corrected chi connectivity index (χ3v) is 4.39. The van der Waals surface area contributed by atoms with Gasteiger partial charge in [-0.15, -0.1) is 5.10 Å². The van der Waals surface area contributed by atoms with E-state index in [1.54, 1.807) is 7.11 Å². The molecule has 22 heavy (non-hydrogen) atoms. The molecule has 0 aliphatic carbocycles. The van der Waals surface area contributed by atoms with E-state index in [4.69, 9.17) is 4.74 Å². The Morgan fingerprint density at radius 2 is 2.27 bits per heavy atom. The smallest absolute Gasteiger partial charge is 0.322 e. The first-order valence-corrected chi connectivity index (χ1v) is 8.01. The number of hydrogen-bond donors (Lipinski definition) is 1. The maximum atomic E-state index is 12.5. The topological polar surface area (TPSA) is 67.3 Å². The van der Waals surface area contributed by atoms with Gasteiger partial charge in [0.2, 0.25) is 0 Å². The van der Waals surface area contributed by atoms with Gasteiger partial charge in [0.1, 0.15) is 10.7 Å². The molecular weight excluding hydrogens is 300 g/mol. The van der Waals surface area contributed by atoms with Crippen LogP contribution < -0.4 is 5.32 Å². The summed E-state index contributed by atoms with van der Waals surface area (Å²) in [5, 5.41) is 7.76. The number of amides is 2. The van der Waals surface area contributed by atoms with Crippen LogP contribution in [0, 0.1) is 0 Å². The van der Waals surface area contributed by atoms with Crippen LogP contribution in [0.5, 0.6) is 0 Å². The van der Waals surface area contributed by atoms with E-state index in [1.807, 2.05) is 35.2 Å². The number of aromatic nitrogens is 2. The van der Waals surface area contributed by atoms with E-state index in [0.717, 1.165) is 24.9 Å². The number of anilines is 1. The lowest BCUT2D eigenvalue weighted by Crippen LogP contribution is -2.40. The van der Waals surface area contributed by atoms with Crippen molar-refractivity contribution in [2.24, 2.45) is 0 Å². The number of nitrogens with zero attached hydrogens (tertiary/aromatic N) is 3. The van der Waals surface area contributed by atoms with E-state index in [-0.39, 0.29) is 12.1 Å². The van der Waals surface area contributed by atoms with Gasteiger partial charge in [0.05, 0.1) is 12.6 Å². The molecule has 1 fully saturated rings. The van der Waals surface area contributed by atoms with Crippen LogP contribution in [0.15, 0.2) is 30.3 Å². The van der Waals surface area contributed by atoms with Crippen molar-refractivity contribution in [3.8, 4) is 11.3 Å². The van der Waals surface area contributed by atoms with Gasteiger partial charge in [0, 0.05) is 30.8 Å². The summed E-state index contributed by atoms with van der Waals surface area (Å²) in [7, 11) is 1.66. The summed E-state index contributed by atoms with van der Waals surface area (Å²) < 4.78 is 9.16. The van der Waals surface area contributed by atoms with Gasteiger partial charge in [-0.3, -0.25) is 5.32 Å². The van der Waals surface area contributed by atoms with Gasteiger partial charge in [-0.2, -0.15) is 0 Å². The molecule has 1 N–H and O–H groups in total. The zero-order chi connectivity index (χ0) is 15.4. The van der Waals surface area contributed by atoms with Crippen LogP contribution in [0.1, 0.15) is 12.8 Å². The van der Waals surface area contributed by atoms with Crippen LogP contribution in [0.2, 0.25) is 0 Å². The maximum Gasteiger partial charge on any atom is 0.322 e. The molecular formula is C15H18N4O2S. The number of methoxy groups -OCH3 is 1. The average molecular weight is 318 g/mol. The van der Waals surface area contributed by atoms with E-state index < -0.39 is 0 Å². The maximum absolute atomic E-state index is 12.5. The van der Waals surface area contributed by atoms with Crippen LogP contribution in [-0.2, 0) is 4.74 Å². The molecule has 1 aromatic carbocycles. The van der Waals surface area contributed by atoms with Crippen molar-refractivity contribution in [1.82, 2.24) is 14.5 Å². The molecule has 0 saturated carbocycles. The normalized spacial score (nSPS) is 17.7. The fraction of sp³-hybridized carbons (Fsp3) is 0.400. The van der Waals surface area contributed by atoms with E-state index in [1.165, 1.54) is 11.5 Å². The fourth-order valence-electron chi connectivity index (χ4n) is 2.70. The number of carbonyl (C=O) groups excluding carboxylic acids is 1. The lowest BCUT2D eigenvalue weighted by atomic mass is 10.2.